The molecule has 1 heterocycles. The predicted molar refractivity (Wildman–Crippen MR) is 60.1 cm³/mol. The summed E-state index contributed by atoms with van der Waals surface area (Å²) >= 11 is 0. The third kappa shape index (κ3) is 1.58. The molecule has 0 amide bonds. The summed E-state index contributed by atoms with van der Waals surface area (Å²) in [6, 6.07) is 6.76. The van der Waals surface area contributed by atoms with Crippen molar-refractivity contribution in [1.29, 1.82) is 0 Å². The van der Waals surface area contributed by atoms with E-state index in [4.69, 9.17) is 0 Å². The number of rotatable bonds is 2. The van der Waals surface area contributed by atoms with Crippen molar-refractivity contribution in [2.45, 2.75) is 13.8 Å². The molecule has 0 fully saturated rings. The lowest BCUT2D eigenvalue weighted by Gasteiger charge is -2.04. The van der Waals surface area contributed by atoms with Gasteiger partial charge in [0.05, 0.1) is 22.6 Å². The van der Waals surface area contributed by atoms with Crippen molar-refractivity contribution in [3.05, 3.63) is 41.2 Å². The highest BCUT2D eigenvalue weighted by Gasteiger charge is 2.11. The van der Waals surface area contributed by atoms with Crippen molar-refractivity contribution < 1.29 is 9.90 Å². The molecule has 4 heteroatoms. The number of aromatic hydroxyl groups is 1. The lowest BCUT2D eigenvalue weighted by molar-refractivity contribution is 0.112. The van der Waals surface area contributed by atoms with Crippen molar-refractivity contribution in [2.24, 2.45) is 0 Å². The maximum absolute atomic E-state index is 10.9. The first-order valence-electron chi connectivity index (χ1n) is 4.94. The number of nitrogens with zero attached hydrogens (tertiary/aromatic N) is 2. The minimum Gasteiger partial charge on any atom is -0.508 e. The van der Waals surface area contributed by atoms with Gasteiger partial charge in [-0.15, -0.1) is 0 Å². The number of phenolic OH excluding ortho intramolecular Hbond substituents is 1. The molecule has 0 saturated carbocycles. The van der Waals surface area contributed by atoms with Crippen LogP contribution >= 0.6 is 0 Å². The van der Waals surface area contributed by atoms with Crippen molar-refractivity contribution in [1.82, 2.24) is 9.78 Å². The van der Waals surface area contributed by atoms with Crippen LogP contribution in [-0.2, 0) is 0 Å². The van der Waals surface area contributed by atoms with Crippen LogP contribution in [0.4, 0.5) is 0 Å². The van der Waals surface area contributed by atoms with Crippen LogP contribution in [0.25, 0.3) is 5.69 Å². The Morgan fingerprint density at radius 1 is 1.38 bits per heavy atom. The Bertz CT molecular complexity index is 544. The molecule has 4 nitrogen and oxygen atoms in total. The van der Waals surface area contributed by atoms with E-state index in [1.165, 1.54) is 0 Å². The monoisotopic (exact) mass is 216 g/mol. The van der Waals surface area contributed by atoms with Gasteiger partial charge in [-0.25, -0.2) is 4.68 Å². The summed E-state index contributed by atoms with van der Waals surface area (Å²) in [6.45, 7) is 3.61. The lowest BCUT2D eigenvalue weighted by atomic mass is 10.2. The Morgan fingerprint density at radius 3 is 2.69 bits per heavy atom. The van der Waals surface area contributed by atoms with Crippen molar-refractivity contribution >= 4 is 6.29 Å². The first kappa shape index (κ1) is 10.4. The maximum atomic E-state index is 10.9. The molecule has 0 bridgehead atoms. The molecule has 0 atom stereocenters. The van der Waals surface area contributed by atoms with Gasteiger partial charge < -0.3 is 5.11 Å². The molecule has 0 aliphatic rings. The lowest BCUT2D eigenvalue weighted by Crippen LogP contribution is -1.99. The molecule has 1 aromatic heterocycles. The fourth-order valence-corrected chi connectivity index (χ4v) is 1.70. The average molecular weight is 216 g/mol. The zero-order valence-corrected chi connectivity index (χ0v) is 9.14. The number of aromatic nitrogens is 2. The van der Waals surface area contributed by atoms with Gasteiger partial charge in [0.2, 0.25) is 0 Å². The second-order valence-electron chi connectivity index (χ2n) is 3.63. The van der Waals surface area contributed by atoms with E-state index in [-0.39, 0.29) is 5.75 Å². The van der Waals surface area contributed by atoms with Crippen LogP contribution in [0.5, 0.6) is 5.75 Å². The van der Waals surface area contributed by atoms with E-state index in [9.17, 15) is 9.90 Å². The number of benzene rings is 1. The Morgan fingerprint density at radius 2 is 2.12 bits per heavy atom. The van der Waals surface area contributed by atoms with Gasteiger partial charge >= 0.3 is 0 Å². The highest BCUT2D eigenvalue weighted by atomic mass is 16.3. The molecular formula is C12H12N2O2. The summed E-state index contributed by atoms with van der Waals surface area (Å²) in [5.74, 6) is 0.178. The Labute approximate surface area is 93.1 Å². The summed E-state index contributed by atoms with van der Waals surface area (Å²) in [5, 5.41) is 13.7. The zero-order chi connectivity index (χ0) is 11.7. The third-order valence-electron chi connectivity index (χ3n) is 2.54. The first-order chi connectivity index (χ1) is 7.63. The quantitative estimate of drug-likeness (QED) is 0.781. The average Bonchev–Trinajstić information content (AvgIpc) is 2.54. The predicted octanol–water partition coefficient (Wildman–Crippen LogP) is 2.01. The summed E-state index contributed by atoms with van der Waals surface area (Å²) < 4.78 is 1.65. The number of hydrogen-bond donors (Lipinski definition) is 1. The van der Waals surface area contributed by atoms with Gasteiger partial charge in [0.1, 0.15) is 5.75 Å². The van der Waals surface area contributed by atoms with Crippen molar-refractivity contribution in [2.75, 3.05) is 0 Å². The molecule has 2 aromatic rings. The van der Waals surface area contributed by atoms with E-state index in [2.05, 4.69) is 5.10 Å². The van der Waals surface area contributed by atoms with Crippen LogP contribution in [0.1, 0.15) is 21.7 Å². The topological polar surface area (TPSA) is 55.1 Å². The first-order valence-corrected chi connectivity index (χ1v) is 4.94. The van der Waals surface area contributed by atoms with Crippen LogP contribution in [0, 0.1) is 13.8 Å². The molecule has 1 N–H and O–H groups in total. The fraction of sp³-hybridized carbons (Fsp3) is 0.167. The van der Waals surface area contributed by atoms with Crippen LogP contribution in [-0.4, -0.2) is 21.2 Å². The second-order valence-corrected chi connectivity index (χ2v) is 3.63. The normalized spacial score (nSPS) is 10.4. The SMILES string of the molecule is Cc1nn(-c2cccc(O)c2)c(C)c1C=O. The van der Waals surface area contributed by atoms with Gasteiger partial charge in [-0.3, -0.25) is 4.79 Å². The fourth-order valence-electron chi connectivity index (χ4n) is 1.70. The Balaban J connectivity index is 2.61. The molecule has 0 radical (unpaired) electrons. The largest absolute Gasteiger partial charge is 0.508 e. The Kier molecular flexibility index (Phi) is 2.48. The molecule has 0 unspecified atom stereocenters. The third-order valence-corrected chi connectivity index (χ3v) is 2.54. The summed E-state index contributed by atoms with van der Waals surface area (Å²) in [5.41, 5.74) is 2.81. The number of carbonyl (C=O) groups is 1. The molecule has 0 spiro atoms. The van der Waals surface area contributed by atoms with Gasteiger partial charge in [0, 0.05) is 6.07 Å². The summed E-state index contributed by atoms with van der Waals surface area (Å²) in [6.07, 6.45) is 0.803. The minimum atomic E-state index is 0.178. The highest BCUT2D eigenvalue weighted by Crippen LogP contribution is 2.19. The minimum absolute atomic E-state index is 0.178. The van der Waals surface area contributed by atoms with Crippen LogP contribution < -0.4 is 0 Å². The van der Waals surface area contributed by atoms with E-state index in [1.54, 1.807) is 29.8 Å². The van der Waals surface area contributed by atoms with E-state index < -0.39 is 0 Å². The number of carbonyl (C=O) groups excluding carboxylic acids is 1. The van der Waals surface area contributed by atoms with Crippen molar-refractivity contribution in [3.8, 4) is 11.4 Å². The molecule has 16 heavy (non-hydrogen) atoms. The van der Waals surface area contributed by atoms with Crippen LogP contribution in [0.15, 0.2) is 24.3 Å². The van der Waals surface area contributed by atoms with Gasteiger partial charge in [0.15, 0.2) is 6.29 Å². The standard InChI is InChI=1S/C12H12N2O2/c1-8-12(7-15)9(2)14(13-8)10-4-3-5-11(16)6-10/h3-7,16H,1-2H3. The van der Waals surface area contributed by atoms with E-state index in [0.29, 0.717) is 11.3 Å². The van der Waals surface area contributed by atoms with Gasteiger partial charge in [-0.2, -0.15) is 5.10 Å². The molecule has 0 aliphatic carbocycles. The smallest absolute Gasteiger partial charge is 0.153 e. The van der Waals surface area contributed by atoms with Crippen molar-refractivity contribution in [3.63, 3.8) is 0 Å². The highest BCUT2D eigenvalue weighted by molar-refractivity contribution is 5.78. The summed E-state index contributed by atoms with van der Waals surface area (Å²) in [7, 11) is 0. The van der Waals surface area contributed by atoms with Gasteiger partial charge in [-0.05, 0) is 26.0 Å². The molecular weight excluding hydrogens is 204 g/mol. The molecule has 0 saturated heterocycles. The van der Waals surface area contributed by atoms with Gasteiger partial charge in [0.25, 0.3) is 0 Å². The second kappa shape index (κ2) is 3.81. The Hall–Kier alpha value is -2.10. The number of phenols is 1. The van der Waals surface area contributed by atoms with E-state index >= 15 is 0 Å². The van der Waals surface area contributed by atoms with E-state index in [0.717, 1.165) is 17.7 Å². The molecule has 82 valence electrons. The van der Waals surface area contributed by atoms with E-state index in [1.807, 2.05) is 13.0 Å². The van der Waals surface area contributed by atoms with Crippen LogP contribution in [0.3, 0.4) is 0 Å². The number of hydrogen-bond acceptors (Lipinski definition) is 3. The summed E-state index contributed by atoms with van der Waals surface area (Å²) in [4.78, 5) is 10.9. The van der Waals surface area contributed by atoms with Crippen LogP contribution in [0.2, 0.25) is 0 Å². The molecule has 1 aromatic carbocycles. The molecule has 2 rings (SSSR count). The zero-order valence-electron chi connectivity index (χ0n) is 9.14. The number of aldehydes is 1. The molecule has 0 aliphatic heterocycles. The number of aryl methyl sites for hydroxylation is 1. The van der Waals surface area contributed by atoms with Gasteiger partial charge in [-0.1, -0.05) is 6.07 Å². The maximum Gasteiger partial charge on any atom is 0.153 e.